The van der Waals surface area contributed by atoms with E-state index in [9.17, 15) is 14.7 Å². The molecule has 1 unspecified atom stereocenters. The fourth-order valence-corrected chi connectivity index (χ4v) is 4.94. The van der Waals surface area contributed by atoms with Gasteiger partial charge in [0.2, 0.25) is 0 Å². The molecule has 0 aliphatic carbocycles. The number of aliphatic hydroxyl groups excluding tert-OH is 1. The summed E-state index contributed by atoms with van der Waals surface area (Å²) in [6, 6.07) is 32.7. The molecule has 1 amide bonds. The molecule has 39 heavy (non-hydrogen) atoms. The molecule has 6 nitrogen and oxygen atoms in total. The van der Waals surface area contributed by atoms with E-state index in [0.29, 0.717) is 22.6 Å². The number of ketones is 1. The summed E-state index contributed by atoms with van der Waals surface area (Å²) in [5.41, 5.74) is 1.92. The van der Waals surface area contributed by atoms with Gasteiger partial charge in [0.15, 0.2) is 0 Å². The Kier molecular flexibility index (Phi) is 6.35. The lowest BCUT2D eigenvalue weighted by Gasteiger charge is -2.25. The molecule has 5 aromatic rings. The van der Waals surface area contributed by atoms with Crippen molar-refractivity contribution in [1.82, 2.24) is 9.88 Å². The van der Waals surface area contributed by atoms with E-state index in [-0.39, 0.29) is 17.9 Å². The van der Waals surface area contributed by atoms with Gasteiger partial charge in [0.1, 0.15) is 17.3 Å². The molecule has 2 heterocycles. The Bertz CT molecular complexity index is 1710. The van der Waals surface area contributed by atoms with E-state index in [4.69, 9.17) is 4.74 Å². The molecule has 0 saturated carbocycles. The second kappa shape index (κ2) is 10.3. The van der Waals surface area contributed by atoms with Crippen molar-refractivity contribution in [3.8, 4) is 11.5 Å². The Morgan fingerprint density at radius 3 is 2.36 bits per heavy atom. The molecule has 1 fully saturated rings. The summed E-state index contributed by atoms with van der Waals surface area (Å²) in [4.78, 5) is 32.5. The smallest absolute Gasteiger partial charge is 0.295 e. The van der Waals surface area contributed by atoms with E-state index in [1.165, 1.54) is 4.90 Å². The predicted molar refractivity (Wildman–Crippen MR) is 149 cm³/mol. The molecule has 0 spiro atoms. The van der Waals surface area contributed by atoms with Crippen LogP contribution in [0.2, 0.25) is 0 Å². The zero-order valence-corrected chi connectivity index (χ0v) is 20.9. The normalized spacial score (nSPS) is 16.5. The molecule has 6 heteroatoms. The number of pyridine rings is 1. The monoisotopic (exact) mass is 512 g/mol. The number of aliphatic hydroxyl groups is 1. The number of carbonyl (C=O) groups excluding carboxylic acids is 2. The van der Waals surface area contributed by atoms with Crippen LogP contribution in [-0.2, 0) is 16.1 Å². The van der Waals surface area contributed by atoms with Crippen molar-refractivity contribution in [2.75, 3.05) is 0 Å². The molecule has 1 atom stereocenters. The maximum absolute atomic E-state index is 13.5. The number of aromatic nitrogens is 1. The van der Waals surface area contributed by atoms with Crippen LogP contribution in [0.5, 0.6) is 11.5 Å². The van der Waals surface area contributed by atoms with Gasteiger partial charge in [-0.15, -0.1) is 0 Å². The minimum Gasteiger partial charge on any atom is -0.507 e. The molecule has 4 aromatic carbocycles. The van der Waals surface area contributed by atoms with Crippen LogP contribution in [0, 0.1) is 0 Å². The first-order valence-electron chi connectivity index (χ1n) is 12.6. The summed E-state index contributed by atoms with van der Waals surface area (Å²) in [6.07, 6.45) is 3.31. The highest BCUT2D eigenvalue weighted by Crippen LogP contribution is 2.41. The van der Waals surface area contributed by atoms with Crippen molar-refractivity contribution in [3.05, 3.63) is 144 Å². The zero-order chi connectivity index (χ0) is 26.8. The van der Waals surface area contributed by atoms with Crippen molar-refractivity contribution in [1.29, 1.82) is 0 Å². The number of rotatable bonds is 6. The standard InChI is InChI=1S/C33H24N2O4/c36-31(26-16-15-23-9-4-5-10-24(23)18-26)29-30(35(33(38)32(29)37)21-22-8-7-17-34-20-22)25-11-6-14-28(19-25)39-27-12-2-1-3-13-27/h1-20,30,36H,21H2/b31-29-. The highest BCUT2D eigenvalue weighted by Gasteiger charge is 2.46. The number of likely N-dealkylation sites (tertiary alicyclic amines) is 1. The fourth-order valence-electron chi connectivity index (χ4n) is 4.94. The zero-order valence-electron chi connectivity index (χ0n) is 20.9. The third-order valence-electron chi connectivity index (χ3n) is 6.79. The summed E-state index contributed by atoms with van der Waals surface area (Å²) < 4.78 is 6.04. The number of nitrogens with zero attached hydrogens (tertiary/aromatic N) is 2. The van der Waals surface area contributed by atoms with E-state index in [1.807, 2.05) is 91.0 Å². The second-order valence-corrected chi connectivity index (χ2v) is 9.34. The molecule has 0 radical (unpaired) electrons. The molecule has 1 N–H and O–H groups in total. The number of fused-ring (bicyclic) bond motifs is 1. The van der Waals surface area contributed by atoms with Crippen molar-refractivity contribution < 1.29 is 19.4 Å². The van der Waals surface area contributed by atoms with E-state index in [2.05, 4.69) is 4.98 Å². The second-order valence-electron chi connectivity index (χ2n) is 9.34. The number of benzene rings is 4. The number of amides is 1. The minimum absolute atomic E-state index is 0.0380. The molecule has 1 aliphatic rings. The Hall–Kier alpha value is -5.23. The van der Waals surface area contributed by atoms with Gasteiger partial charge in [-0.3, -0.25) is 14.6 Å². The van der Waals surface area contributed by atoms with Gasteiger partial charge in [0, 0.05) is 24.5 Å². The summed E-state index contributed by atoms with van der Waals surface area (Å²) in [5, 5.41) is 13.4. The van der Waals surface area contributed by atoms with E-state index in [0.717, 1.165) is 16.3 Å². The van der Waals surface area contributed by atoms with Gasteiger partial charge >= 0.3 is 0 Å². The van der Waals surface area contributed by atoms with Crippen LogP contribution in [-0.4, -0.2) is 26.7 Å². The van der Waals surface area contributed by atoms with Crippen molar-refractivity contribution in [2.45, 2.75) is 12.6 Å². The molecule has 0 bridgehead atoms. The average molecular weight is 513 g/mol. The van der Waals surface area contributed by atoms with Crippen LogP contribution in [0.1, 0.15) is 22.7 Å². The molecule has 1 saturated heterocycles. The highest BCUT2D eigenvalue weighted by atomic mass is 16.5. The number of para-hydroxylation sites is 1. The number of carbonyl (C=O) groups is 2. The summed E-state index contributed by atoms with van der Waals surface area (Å²) in [7, 11) is 0. The van der Waals surface area contributed by atoms with Crippen LogP contribution in [0.15, 0.2) is 127 Å². The van der Waals surface area contributed by atoms with Gasteiger partial charge in [-0.2, -0.15) is 0 Å². The quantitative estimate of drug-likeness (QED) is 0.157. The first kappa shape index (κ1) is 24.1. The lowest BCUT2D eigenvalue weighted by atomic mass is 9.94. The van der Waals surface area contributed by atoms with Gasteiger partial charge in [0.25, 0.3) is 11.7 Å². The van der Waals surface area contributed by atoms with Gasteiger partial charge in [0.05, 0.1) is 11.6 Å². The third kappa shape index (κ3) is 4.76. The SMILES string of the molecule is O=C1C(=O)N(Cc2cccnc2)C(c2cccc(Oc3ccccc3)c2)/C1=C(/O)c1ccc2ccccc2c1. The number of Topliss-reactive ketones (excluding diaryl/α,β-unsaturated/α-hetero) is 1. The lowest BCUT2D eigenvalue weighted by Crippen LogP contribution is -2.29. The summed E-state index contributed by atoms with van der Waals surface area (Å²) in [6.45, 7) is 0.154. The van der Waals surface area contributed by atoms with E-state index in [1.54, 1.807) is 30.6 Å². The number of ether oxygens (including phenoxy) is 1. The van der Waals surface area contributed by atoms with Crippen LogP contribution < -0.4 is 4.74 Å². The number of hydrogen-bond donors (Lipinski definition) is 1. The maximum atomic E-state index is 13.5. The van der Waals surface area contributed by atoms with E-state index >= 15 is 0 Å². The molecular weight excluding hydrogens is 488 g/mol. The minimum atomic E-state index is -0.823. The maximum Gasteiger partial charge on any atom is 0.295 e. The van der Waals surface area contributed by atoms with Crippen LogP contribution in [0.3, 0.4) is 0 Å². The Morgan fingerprint density at radius 1 is 0.795 bits per heavy atom. The fraction of sp³-hybridized carbons (Fsp3) is 0.0606. The number of hydrogen-bond acceptors (Lipinski definition) is 5. The summed E-state index contributed by atoms with van der Waals surface area (Å²) in [5.74, 6) is -0.414. The molecular formula is C33H24N2O4. The van der Waals surface area contributed by atoms with Gasteiger partial charge in [-0.1, -0.05) is 72.8 Å². The summed E-state index contributed by atoms with van der Waals surface area (Å²) >= 11 is 0. The van der Waals surface area contributed by atoms with Crippen LogP contribution in [0.25, 0.3) is 16.5 Å². The Balaban J connectivity index is 1.47. The molecule has 6 rings (SSSR count). The van der Waals surface area contributed by atoms with Crippen molar-refractivity contribution >= 4 is 28.2 Å². The first-order chi connectivity index (χ1) is 19.1. The Morgan fingerprint density at radius 2 is 1.56 bits per heavy atom. The molecule has 190 valence electrons. The average Bonchev–Trinajstić information content (AvgIpc) is 3.22. The van der Waals surface area contributed by atoms with Crippen molar-refractivity contribution in [2.24, 2.45) is 0 Å². The van der Waals surface area contributed by atoms with Gasteiger partial charge < -0.3 is 14.7 Å². The Labute approximate surface area is 225 Å². The van der Waals surface area contributed by atoms with Crippen LogP contribution >= 0.6 is 0 Å². The largest absolute Gasteiger partial charge is 0.507 e. The van der Waals surface area contributed by atoms with E-state index < -0.39 is 17.7 Å². The first-order valence-corrected chi connectivity index (χ1v) is 12.6. The lowest BCUT2D eigenvalue weighted by molar-refractivity contribution is -0.140. The van der Waals surface area contributed by atoms with Crippen molar-refractivity contribution in [3.63, 3.8) is 0 Å². The molecule has 1 aliphatic heterocycles. The van der Waals surface area contributed by atoms with Gasteiger partial charge in [-0.05, 0) is 58.3 Å². The van der Waals surface area contributed by atoms with Gasteiger partial charge in [-0.25, -0.2) is 0 Å². The predicted octanol–water partition coefficient (Wildman–Crippen LogP) is 6.65. The van der Waals surface area contributed by atoms with Crippen LogP contribution in [0.4, 0.5) is 0 Å². The third-order valence-corrected chi connectivity index (χ3v) is 6.79. The molecule has 1 aromatic heterocycles. The topological polar surface area (TPSA) is 79.7 Å². The highest BCUT2D eigenvalue weighted by molar-refractivity contribution is 6.46.